The number of carbonyl (C=O) groups is 1. The average molecular weight is 487 g/mol. The maximum atomic E-state index is 13.2. The number of halogens is 3. The number of hydrogen-bond acceptors (Lipinski definition) is 6. The van der Waals surface area contributed by atoms with E-state index in [4.69, 9.17) is 9.26 Å². The Kier molecular flexibility index (Phi) is 7.03. The molecule has 180 valence electrons. The number of ether oxygens (including phenoxy) is 1. The topological polar surface area (TPSA) is 94.8 Å². The minimum absolute atomic E-state index is 0.112. The highest BCUT2D eigenvalue weighted by molar-refractivity contribution is 7.91. The number of amides is 2. The van der Waals surface area contributed by atoms with Crippen molar-refractivity contribution in [2.75, 3.05) is 44.3 Å². The zero-order valence-corrected chi connectivity index (χ0v) is 18.9. The van der Waals surface area contributed by atoms with Gasteiger partial charge in [0.05, 0.1) is 31.2 Å². The van der Waals surface area contributed by atoms with Gasteiger partial charge in [0.2, 0.25) is 5.89 Å². The third kappa shape index (κ3) is 5.55. The Morgan fingerprint density at radius 3 is 2.48 bits per heavy atom. The Labute approximate surface area is 192 Å². The normalized spacial score (nSPS) is 22.5. The molecule has 0 spiro atoms. The Balaban J connectivity index is 1.57. The zero-order chi connectivity index (χ0) is 23.6. The maximum absolute atomic E-state index is 13.2. The molecule has 2 atom stereocenters. The van der Waals surface area contributed by atoms with E-state index in [9.17, 15) is 22.5 Å². The minimum atomic E-state index is -4.41. The summed E-state index contributed by atoms with van der Waals surface area (Å²) in [6.45, 7) is 3.68. The van der Waals surface area contributed by atoms with E-state index < -0.39 is 22.9 Å². The van der Waals surface area contributed by atoms with E-state index in [1.165, 1.54) is 12.1 Å². The quantitative estimate of drug-likeness (QED) is 0.616. The number of carbonyl (C=O) groups excluding carboxylic acids is 1. The smallest absolute Gasteiger partial charge is 0.416 e. The Morgan fingerprint density at radius 1 is 1.18 bits per heavy atom. The first-order valence-corrected chi connectivity index (χ1v) is 12.3. The lowest BCUT2D eigenvalue weighted by molar-refractivity contribution is -0.137. The van der Waals surface area contributed by atoms with Gasteiger partial charge in [0, 0.05) is 19.0 Å². The summed E-state index contributed by atoms with van der Waals surface area (Å²) in [5, 5.41) is 3.80. The van der Waals surface area contributed by atoms with E-state index in [2.05, 4.69) is 10.1 Å². The lowest BCUT2D eigenvalue weighted by Gasteiger charge is -2.40. The van der Waals surface area contributed by atoms with Gasteiger partial charge in [-0.05, 0) is 36.2 Å². The molecule has 4 rings (SSSR count). The number of likely N-dealkylation sites (tertiary alicyclic amines) is 1. The van der Waals surface area contributed by atoms with Gasteiger partial charge in [-0.3, -0.25) is 0 Å². The number of urea groups is 1. The van der Waals surface area contributed by atoms with Gasteiger partial charge in [-0.1, -0.05) is 23.3 Å². The van der Waals surface area contributed by atoms with Crippen LogP contribution in [-0.4, -0.2) is 74.8 Å². The van der Waals surface area contributed by atoms with Crippen molar-refractivity contribution in [1.82, 2.24) is 19.9 Å². The molecular formula is C21H25F3N4O4S. The molecule has 0 N–H and O–H groups in total. The van der Waals surface area contributed by atoms with Crippen LogP contribution in [0.3, 0.4) is 0 Å². The largest absolute Gasteiger partial charge is 0.616 e. The van der Waals surface area contributed by atoms with Crippen LogP contribution in [0.1, 0.15) is 42.2 Å². The molecule has 2 aliphatic rings. The second kappa shape index (κ2) is 9.80. The fourth-order valence-corrected chi connectivity index (χ4v) is 5.28. The van der Waals surface area contributed by atoms with E-state index in [0.29, 0.717) is 62.2 Å². The van der Waals surface area contributed by atoms with Crippen LogP contribution in [-0.2, 0) is 17.4 Å². The highest BCUT2D eigenvalue weighted by atomic mass is 32.2. The van der Waals surface area contributed by atoms with Crippen LogP contribution in [0.25, 0.3) is 0 Å². The number of piperidine rings is 1. The molecule has 2 unspecified atom stereocenters. The summed E-state index contributed by atoms with van der Waals surface area (Å²) in [5.74, 6) is 0.693. The lowest BCUT2D eigenvalue weighted by Crippen LogP contribution is -2.53. The molecule has 12 heteroatoms. The number of benzene rings is 1. The van der Waals surface area contributed by atoms with E-state index in [-0.39, 0.29) is 23.9 Å². The molecule has 0 radical (unpaired) electrons. The van der Waals surface area contributed by atoms with Gasteiger partial charge in [-0.15, -0.1) is 0 Å². The summed E-state index contributed by atoms with van der Waals surface area (Å²) in [4.78, 5) is 20.8. The molecule has 33 heavy (non-hydrogen) atoms. The summed E-state index contributed by atoms with van der Waals surface area (Å²) in [7, 11) is 0. The predicted octanol–water partition coefficient (Wildman–Crippen LogP) is 3.24. The molecule has 8 nitrogen and oxygen atoms in total. The van der Waals surface area contributed by atoms with E-state index >= 15 is 0 Å². The predicted molar refractivity (Wildman–Crippen MR) is 113 cm³/mol. The van der Waals surface area contributed by atoms with Gasteiger partial charge in [0.1, 0.15) is 11.5 Å². The standard InChI is InChI=1S/C21H25F3N4O4S/c1-2-31-19-25-18(32-26-19)16-11-15(14-3-5-17(6-4-14)21(22,23)24)12-28(13-16)20(29)27-7-9-33(30)10-8-27/h3-6,15-16H,2,7-13H2,1H3. The fraction of sp³-hybridized carbons (Fsp3) is 0.571. The maximum Gasteiger partial charge on any atom is 0.416 e. The lowest BCUT2D eigenvalue weighted by atomic mass is 9.84. The molecule has 3 heterocycles. The van der Waals surface area contributed by atoms with Gasteiger partial charge >= 0.3 is 18.2 Å². The Morgan fingerprint density at radius 2 is 1.85 bits per heavy atom. The van der Waals surface area contributed by atoms with Crippen molar-refractivity contribution in [3.8, 4) is 6.01 Å². The molecule has 0 aliphatic carbocycles. The third-order valence-corrected chi connectivity index (χ3v) is 7.20. The monoisotopic (exact) mass is 486 g/mol. The number of hydrogen-bond donors (Lipinski definition) is 0. The molecule has 1 aromatic heterocycles. The number of aromatic nitrogens is 2. The third-order valence-electron chi connectivity index (χ3n) is 5.92. The number of alkyl halides is 3. The van der Waals surface area contributed by atoms with Crippen molar-refractivity contribution in [3.05, 3.63) is 41.3 Å². The average Bonchev–Trinajstić information content (AvgIpc) is 3.27. The van der Waals surface area contributed by atoms with Gasteiger partial charge in [-0.25, -0.2) is 4.79 Å². The van der Waals surface area contributed by atoms with Crippen LogP contribution < -0.4 is 4.74 Å². The Hall–Kier alpha value is -2.47. The minimum Gasteiger partial charge on any atom is -0.616 e. The summed E-state index contributed by atoms with van der Waals surface area (Å²) in [6.07, 6.45) is -3.88. The first-order chi connectivity index (χ1) is 15.7. The molecule has 2 saturated heterocycles. The fourth-order valence-electron chi connectivity index (χ4n) is 4.22. The van der Waals surface area contributed by atoms with Crippen molar-refractivity contribution in [3.63, 3.8) is 0 Å². The van der Waals surface area contributed by atoms with Crippen molar-refractivity contribution >= 4 is 17.2 Å². The molecule has 2 fully saturated rings. The zero-order valence-electron chi connectivity index (χ0n) is 18.1. The molecule has 2 amide bonds. The number of rotatable bonds is 4. The van der Waals surface area contributed by atoms with Crippen molar-refractivity contribution < 1.29 is 31.8 Å². The van der Waals surface area contributed by atoms with Crippen LogP contribution in [0.5, 0.6) is 6.01 Å². The summed E-state index contributed by atoms with van der Waals surface area (Å²) < 4.78 is 61.3. The first-order valence-electron chi connectivity index (χ1n) is 10.8. The molecule has 1 aromatic carbocycles. The van der Waals surface area contributed by atoms with Gasteiger partial charge in [0.15, 0.2) is 0 Å². The molecule has 0 saturated carbocycles. The SMILES string of the molecule is CCOc1noc(C2CC(c3ccc(C(F)(F)F)cc3)CN(C(=O)N3CC[S+]([O-])CC3)C2)n1. The van der Waals surface area contributed by atoms with E-state index in [1.54, 1.807) is 16.7 Å². The van der Waals surface area contributed by atoms with Crippen LogP contribution in [0, 0.1) is 0 Å². The van der Waals surface area contributed by atoms with Crippen LogP contribution in [0.15, 0.2) is 28.8 Å². The highest BCUT2D eigenvalue weighted by Gasteiger charge is 2.38. The van der Waals surface area contributed by atoms with Gasteiger partial charge in [0.25, 0.3) is 0 Å². The van der Waals surface area contributed by atoms with Crippen LogP contribution in [0.4, 0.5) is 18.0 Å². The van der Waals surface area contributed by atoms with Gasteiger partial charge in [-0.2, -0.15) is 18.2 Å². The molecular weight excluding hydrogens is 461 g/mol. The Bertz CT molecular complexity index is 948. The first kappa shape index (κ1) is 23.7. The van der Waals surface area contributed by atoms with E-state index in [1.807, 2.05) is 0 Å². The van der Waals surface area contributed by atoms with Gasteiger partial charge < -0.3 is 23.6 Å². The molecule has 2 aliphatic heterocycles. The van der Waals surface area contributed by atoms with Crippen LogP contribution in [0.2, 0.25) is 0 Å². The molecule has 0 bridgehead atoms. The summed E-state index contributed by atoms with van der Waals surface area (Å²) >= 11 is -0.916. The summed E-state index contributed by atoms with van der Waals surface area (Å²) in [6, 6.07) is 4.97. The second-order valence-electron chi connectivity index (χ2n) is 8.12. The highest BCUT2D eigenvalue weighted by Crippen LogP contribution is 2.37. The van der Waals surface area contributed by atoms with E-state index in [0.717, 1.165) is 12.1 Å². The summed E-state index contributed by atoms with van der Waals surface area (Å²) in [5.41, 5.74) is -0.0130. The van der Waals surface area contributed by atoms with Crippen LogP contribution >= 0.6 is 0 Å². The second-order valence-corrected chi connectivity index (χ2v) is 9.82. The number of nitrogens with zero attached hydrogens (tertiary/aromatic N) is 4. The van der Waals surface area contributed by atoms with Crippen molar-refractivity contribution in [1.29, 1.82) is 0 Å². The molecule has 2 aromatic rings. The van der Waals surface area contributed by atoms with Crippen molar-refractivity contribution in [2.24, 2.45) is 0 Å². The van der Waals surface area contributed by atoms with Crippen molar-refractivity contribution in [2.45, 2.75) is 31.4 Å².